The summed E-state index contributed by atoms with van der Waals surface area (Å²) >= 11 is 0. The third-order valence-corrected chi connectivity index (χ3v) is 11.3. The molecule has 4 aromatic rings. The summed E-state index contributed by atoms with van der Waals surface area (Å²) in [5, 5.41) is 9.20. The van der Waals surface area contributed by atoms with Crippen molar-refractivity contribution in [1.82, 2.24) is 25.5 Å². The molecule has 3 aliphatic heterocycles. The number of fused-ring (bicyclic) bond motifs is 1. The maximum Gasteiger partial charge on any atom is 0.262 e. The highest BCUT2D eigenvalue weighted by Crippen LogP contribution is 2.36. The van der Waals surface area contributed by atoms with Crippen LogP contribution in [0.5, 0.6) is 11.5 Å². The van der Waals surface area contributed by atoms with E-state index in [4.69, 9.17) is 14.5 Å². The summed E-state index contributed by atoms with van der Waals surface area (Å²) < 4.78 is 12.4. The number of hydrogen-bond donors (Lipinski definition) is 3. The normalized spacial score (nSPS) is 22.0. The number of anilines is 2. The van der Waals surface area contributed by atoms with Gasteiger partial charge in [-0.05, 0) is 79.9 Å². The number of nitrogens with one attached hydrogen (secondary N) is 3. The van der Waals surface area contributed by atoms with Gasteiger partial charge in [0.1, 0.15) is 30.3 Å². The summed E-state index contributed by atoms with van der Waals surface area (Å²) in [6.45, 7) is 11.7. The minimum atomic E-state index is -0.986. The lowest BCUT2D eigenvalue weighted by Crippen LogP contribution is -2.57. The van der Waals surface area contributed by atoms with Crippen molar-refractivity contribution in [3.8, 4) is 11.5 Å². The van der Waals surface area contributed by atoms with Gasteiger partial charge in [-0.2, -0.15) is 0 Å². The van der Waals surface area contributed by atoms with E-state index >= 15 is 0 Å². The average molecular weight is 758 g/mol. The Bertz CT molecular complexity index is 2160. The second-order valence-electron chi connectivity index (χ2n) is 16.3. The number of rotatable bonds is 11. The minimum Gasteiger partial charge on any atom is -0.490 e. The zero-order chi connectivity index (χ0) is 39.2. The lowest BCUT2D eigenvalue weighted by Gasteiger charge is -2.39. The zero-order valence-corrected chi connectivity index (χ0v) is 32.1. The summed E-state index contributed by atoms with van der Waals surface area (Å²) in [6.07, 6.45) is 3.61. The van der Waals surface area contributed by atoms with E-state index in [0.29, 0.717) is 6.61 Å². The molecule has 0 bridgehead atoms. The van der Waals surface area contributed by atoms with E-state index in [0.717, 1.165) is 71.8 Å². The van der Waals surface area contributed by atoms with Crippen LogP contribution in [0.4, 0.5) is 11.6 Å². The topological polar surface area (TPSA) is 155 Å². The number of piperazine rings is 1. The monoisotopic (exact) mass is 757 g/mol. The van der Waals surface area contributed by atoms with E-state index in [9.17, 15) is 19.2 Å². The summed E-state index contributed by atoms with van der Waals surface area (Å²) in [4.78, 5) is 62.7. The molecule has 2 saturated heterocycles. The molecule has 13 nitrogen and oxygen atoms in total. The highest BCUT2D eigenvalue weighted by molar-refractivity contribution is 6.23. The van der Waals surface area contributed by atoms with E-state index in [1.807, 2.05) is 30.3 Å². The Morgan fingerprint density at radius 2 is 1.59 bits per heavy atom. The molecule has 1 atom stereocenters. The predicted molar refractivity (Wildman–Crippen MR) is 210 cm³/mol. The molecule has 4 heterocycles. The molecule has 13 heteroatoms. The number of carbonyl (C=O) groups is 4. The van der Waals surface area contributed by atoms with Gasteiger partial charge in [-0.3, -0.25) is 29.4 Å². The average Bonchev–Trinajstić information content (AvgIpc) is 3.41. The quantitative estimate of drug-likeness (QED) is 0.177. The van der Waals surface area contributed by atoms with Crippen molar-refractivity contribution in [3.05, 3.63) is 107 Å². The van der Waals surface area contributed by atoms with E-state index in [2.05, 4.69) is 77.8 Å². The van der Waals surface area contributed by atoms with E-state index in [-0.39, 0.29) is 47.1 Å². The zero-order valence-electron chi connectivity index (χ0n) is 32.1. The van der Waals surface area contributed by atoms with Gasteiger partial charge >= 0.3 is 0 Å². The molecule has 56 heavy (non-hydrogen) atoms. The van der Waals surface area contributed by atoms with Crippen LogP contribution in [0.3, 0.4) is 0 Å². The molecule has 4 aliphatic rings. The molecular weight excluding hydrogens is 711 g/mol. The number of carbonyl (C=O) groups excluding carboxylic acids is 4. The van der Waals surface area contributed by atoms with Crippen molar-refractivity contribution in [2.75, 3.05) is 29.9 Å². The van der Waals surface area contributed by atoms with Crippen molar-refractivity contribution in [1.29, 1.82) is 0 Å². The Hall–Kier alpha value is -5.82. The molecule has 1 unspecified atom stereocenters. The first kappa shape index (κ1) is 37.1. The largest absolute Gasteiger partial charge is 0.490 e. The van der Waals surface area contributed by atoms with Crippen LogP contribution in [-0.2, 0) is 21.6 Å². The highest BCUT2D eigenvalue weighted by Gasteiger charge is 2.45. The van der Waals surface area contributed by atoms with E-state index in [1.165, 1.54) is 5.56 Å². The SMILES string of the molecule is CC1(C)CN(c2nccc(COc3ccc(C(C)(C)c4ccc(OC5CC(Nc6ccc7c(c6)C(=O)N(C6CCC(=O)NC6=O)C7=O)C5)cc4)cc3)n2)CCN1. The summed E-state index contributed by atoms with van der Waals surface area (Å²) in [7, 11) is 0. The number of amides is 4. The molecular formula is C43H47N7O6. The molecule has 3 N–H and O–H groups in total. The minimum absolute atomic E-state index is 0.0106. The van der Waals surface area contributed by atoms with Crippen molar-refractivity contribution in [2.24, 2.45) is 0 Å². The van der Waals surface area contributed by atoms with Gasteiger partial charge in [0, 0.05) is 67.8 Å². The fourth-order valence-electron chi connectivity index (χ4n) is 7.94. The third kappa shape index (κ3) is 7.55. The molecule has 0 spiro atoms. The number of ether oxygens (including phenoxy) is 2. The van der Waals surface area contributed by atoms with Crippen LogP contribution in [0.2, 0.25) is 0 Å². The lowest BCUT2D eigenvalue weighted by atomic mass is 9.78. The first-order chi connectivity index (χ1) is 26.8. The predicted octanol–water partition coefficient (Wildman–Crippen LogP) is 4.99. The summed E-state index contributed by atoms with van der Waals surface area (Å²) in [6, 6.07) is 22.6. The van der Waals surface area contributed by atoms with Crippen LogP contribution in [-0.4, -0.2) is 81.9 Å². The number of nitrogens with zero attached hydrogens (tertiary/aromatic N) is 4. The van der Waals surface area contributed by atoms with Crippen LogP contribution >= 0.6 is 0 Å². The Morgan fingerprint density at radius 1 is 0.893 bits per heavy atom. The number of imide groups is 2. The molecule has 290 valence electrons. The van der Waals surface area contributed by atoms with Crippen LogP contribution in [0.25, 0.3) is 0 Å². The van der Waals surface area contributed by atoms with Crippen LogP contribution in [0.15, 0.2) is 79.0 Å². The Balaban J connectivity index is 0.813. The number of piperidine rings is 1. The third-order valence-electron chi connectivity index (χ3n) is 11.3. The van der Waals surface area contributed by atoms with Gasteiger partial charge in [-0.15, -0.1) is 0 Å². The van der Waals surface area contributed by atoms with Crippen LogP contribution < -0.4 is 30.3 Å². The van der Waals surface area contributed by atoms with Gasteiger partial charge < -0.3 is 25.0 Å². The van der Waals surface area contributed by atoms with Crippen molar-refractivity contribution >= 4 is 35.3 Å². The Labute approximate surface area is 326 Å². The maximum atomic E-state index is 13.2. The molecule has 1 aromatic heterocycles. The van der Waals surface area contributed by atoms with Gasteiger partial charge in [0.05, 0.1) is 16.8 Å². The smallest absolute Gasteiger partial charge is 0.262 e. The lowest BCUT2D eigenvalue weighted by molar-refractivity contribution is -0.136. The maximum absolute atomic E-state index is 13.2. The van der Waals surface area contributed by atoms with Gasteiger partial charge in [0.2, 0.25) is 17.8 Å². The molecule has 1 saturated carbocycles. The molecule has 3 aromatic carbocycles. The summed E-state index contributed by atoms with van der Waals surface area (Å²) in [5.41, 5.74) is 4.17. The van der Waals surface area contributed by atoms with Crippen LogP contribution in [0.1, 0.15) is 90.9 Å². The first-order valence-corrected chi connectivity index (χ1v) is 19.3. The molecule has 3 fully saturated rings. The second-order valence-corrected chi connectivity index (χ2v) is 16.3. The number of aromatic nitrogens is 2. The van der Waals surface area contributed by atoms with Crippen LogP contribution in [0, 0.1) is 0 Å². The first-order valence-electron chi connectivity index (χ1n) is 19.3. The highest BCUT2D eigenvalue weighted by atomic mass is 16.5. The molecule has 0 radical (unpaired) electrons. The van der Waals surface area contributed by atoms with Crippen molar-refractivity contribution in [2.45, 2.75) is 89.1 Å². The fraction of sp³-hybridized carbons (Fsp3) is 0.395. The van der Waals surface area contributed by atoms with Crippen molar-refractivity contribution in [3.63, 3.8) is 0 Å². The standard InChI is InChI=1S/C43H47N7O6/c1-42(2)25-49(20-19-45-42)41-44-18-17-29(47-41)24-55-31-10-5-26(6-11-31)43(3,4)27-7-12-32(13-8-27)56-33-21-30(22-33)46-28-9-14-34-35(23-28)40(54)50(39(34)53)36-15-16-37(51)48-38(36)52/h5-14,17-18,23,30,33,36,45-46H,15-16,19-22,24-25H2,1-4H3,(H,48,51,52). The molecule has 1 aliphatic carbocycles. The molecule has 4 amide bonds. The van der Waals surface area contributed by atoms with Gasteiger partial charge in [-0.1, -0.05) is 38.1 Å². The second kappa shape index (κ2) is 14.7. The Kier molecular flexibility index (Phi) is 9.73. The number of benzene rings is 3. The summed E-state index contributed by atoms with van der Waals surface area (Å²) in [5.74, 6) is 0.266. The fourth-order valence-corrected chi connectivity index (χ4v) is 7.94. The number of hydrogen-bond acceptors (Lipinski definition) is 11. The molecule has 8 rings (SSSR count). The van der Waals surface area contributed by atoms with E-state index in [1.54, 1.807) is 24.4 Å². The van der Waals surface area contributed by atoms with Gasteiger partial charge in [0.25, 0.3) is 11.8 Å². The van der Waals surface area contributed by atoms with Gasteiger partial charge in [-0.25, -0.2) is 9.97 Å². The van der Waals surface area contributed by atoms with Crippen molar-refractivity contribution < 1.29 is 28.7 Å². The Morgan fingerprint density at radius 3 is 2.29 bits per heavy atom. The van der Waals surface area contributed by atoms with Gasteiger partial charge in [0.15, 0.2) is 0 Å². The van der Waals surface area contributed by atoms with E-state index < -0.39 is 29.7 Å².